The van der Waals surface area contributed by atoms with E-state index in [2.05, 4.69) is 20.6 Å². The number of halogens is 4. The van der Waals surface area contributed by atoms with Gasteiger partial charge in [-0.25, -0.2) is 9.98 Å². The molecule has 0 saturated carbocycles. The van der Waals surface area contributed by atoms with E-state index in [0.717, 1.165) is 5.56 Å². The van der Waals surface area contributed by atoms with Gasteiger partial charge >= 0.3 is 6.18 Å². The molecule has 1 unspecified atom stereocenters. The van der Waals surface area contributed by atoms with E-state index in [9.17, 15) is 18.3 Å². The molecular formula is C18H24F3IN4O2S. The third kappa shape index (κ3) is 8.74. The highest BCUT2D eigenvalue weighted by Crippen LogP contribution is 2.22. The molecule has 3 N–H and O–H groups in total. The van der Waals surface area contributed by atoms with Crippen LogP contribution in [-0.4, -0.2) is 41.9 Å². The summed E-state index contributed by atoms with van der Waals surface area (Å²) in [7, 11) is 0. The summed E-state index contributed by atoms with van der Waals surface area (Å²) < 4.78 is 42.0. The second-order valence-electron chi connectivity index (χ2n) is 6.21. The Hall–Kier alpha value is -1.60. The quantitative estimate of drug-likeness (QED) is 0.269. The Morgan fingerprint density at radius 3 is 2.69 bits per heavy atom. The average molecular weight is 544 g/mol. The Bertz CT molecular complexity index is 771. The molecule has 0 fully saturated rings. The van der Waals surface area contributed by atoms with Crippen LogP contribution in [0.3, 0.4) is 0 Å². The molecule has 0 aliphatic carbocycles. The third-order valence-electron chi connectivity index (χ3n) is 3.72. The number of nitrogens with zero attached hydrogens (tertiary/aromatic N) is 2. The lowest BCUT2D eigenvalue weighted by Gasteiger charge is -2.24. The van der Waals surface area contributed by atoms with Gasteiger partial charge in [-0.3, -0.25) is 0 Å². The van der Waals surface area contributed by atoms with Crippen molar-refractivity contribution in [3.63, 3.8) is 0 Å². The van der Waals surface area contributed by atoms with Gasteiger partial charge in [0.2, 0.25) is 5.88 Å². The van der Waals surface area contributed by atoms with E-state index in [0.29, 0.717) is 18.1 Å². The van der Waals surface area contributed by atoms with Crippen molar-refractivity contribution < 1.29 is 23.0 Å². The molecule has 0 spiro atoms. The summed E-state index contributed by atoms with van der Waals surface area (Å²) in [5.41, 5.74) is 0.121. The van der Waals surface area contributed by atoms with Crippen LogP contribution in [0.25, 0.3) is 0 Å². The van der Waals surface area contributed by atoms with Crippen molar-refractivity contribution in [2.45, 2.75) is 32.2 Å². The lowest BCUT2D eigenvalue weighted by atomic mass is 9.99. The summed E-state index contributed by atoms with van der Waals surface area (Å²) in [5.74, 6) is 0.313. The molecule has 2 heterocycles. The topological polar surface area (TPSA) is 78.8 Å². The number of nitrogens with one attached hydrogen (secondary N) is 2. The van der Waals surface area contributed by atoms with Gasteiger partial charge < -0.3 is 20.5 Å². The first-order valence-corrected chi connectivity index (χ1v) is 9.56. The average Bonchev–Trinajstić information content (AvgIpc) is 3.18. The molecule has 0 bridgehead atoms. The van der Waals surface area contributed by atoms with E-state index >= 15 is 0 Å². The van der Waals surface area contributed by atoms with Crippen molar-refractivity contribution in [3.05, 3.63) is 46.3 Å². The fourth-order valence-electron chi connectivity index (χ4n) is 2.26. The maximum Gasteiger partial charge on any atom is 0.422 e. The normalized spacial score (nSPS) is 13.9. The molecule has 11 heteroatoms. The molecule has 2 rings (SSSR count). The first-order chi connectivity index (χ1) is 13.2. The van der Waals surface area contributed by atoms with Crippen molar-refractivity contribution >= 4 is 41.3 Å². The van der Waals surface area contributed by atoms with Gasteiger partial charge in [0.15, 0.2) is 12.6 Å². The number of hydrogen-bond acceptors (Lipinski definition) is 5. The summed E-state index contributed by atoms with van der Waals surface area (Å²) >= 11 is 1.49. The first kappa shape index (κ1) is 25.4. The van der Waals surface area contributed by atoms with Crippen LogP contribution in [0.15, 0.2) is 40.1 Å². The van der Waals surface area contributed by atoms with E-state index < -0.39 is 18.4 Å². The standard InChI is InChI=1S/C18H23F3N4O2S.HI/c1-3-22-16(25-11-17(2,26)14-6-8-28-10-14)24-9-13-5-4-7-23-15(13)27-12-18(19,20)21;/h4-8,10,26H,3,9,11-12H2,1-2H3,(H2,22,24,25);1H. The van der Waals surface area contributed by atoms with Crippen molar-refractivity contribution in [1.82, 2.24) is 15.6 Å². The lowest BCUT2D eigenvalue weighted by molar-refractivity contribution is -0.154. The highest BCUT2D eigenvalue weighted by molar-refractivity contribution is 14.0. The number of ether oxygens (including phenoxy) is 1. The van der Waals surface area contributed by atoms with Gasteiger partial charge in [0.25, 0.3) is 0 Å². The molecule has 2 aromatic heterocycles. The molecule has 2 aromatic rings. The monoisotopic (exact) mass is 544 g/mol. The number of aliphatic hydroxyl groups is 1. The van der Waals surface area contributed by atoms with Crippen molar-refractivity contribution in [2.75, 3.05) is 19.7 Å². The van der Waals surface area contributed by atoms with Gasteiger partial charge in [0.1, 0.15) is 5.60 Å². The fraction of sp³-hybridized carbons (Fsp3) is 0.444. The minimum absolute atomic E-state index is 0. The van der Waals surface area contributed by atoms with Crippen molar-refractivity contribution in [3.8, 4) is 5.88 Å². The fourth-order valence-corrected chi connectivity index (χ4v) is 3.04. The van der Waals surface area contributed by atoms with Gasteiger partial charge in [-0.05, 0) is 42.3 Å². The van der Waals surface area contributed by atoms with Crippen molar-refractivity contribution in [2.24, 2.45) is 4.99 Å². The van der Waals surface area contributed by atoms with Crippen LogP contribution in [0.1, 0.15) is 25.0 Å². The van der Waals surface area contributed by atoms with Crippen LogP contribution in [0, 0.1) is 0 Å². The summed E-state index contributed by atoms with van der Waals surface area (Å²) in [5, 5.41) is 20.4. The van der Waals surface area contributed by atoms with Gasteiger partial charge in [0, 0.05) is 18.3 Å². The number of pyridine rings is 1. The third-order valence-corrected chi connectivity index (χ3v) is 4.40. The van der Waals surface area contributed by atoms with Crippen LogP contribution in [0.2, 0.25) is 0 Å². The van der Waals surface area contributed by atoms with Crippen LogP contribution in [0.5, 0.6) is 5.88 Å². The van der Waals surface area contributed by atoms with E-state index in [1.165, 1.54) is 17.5 Å². The molecule has 1 atom stereocenters. The van der Waals surface area contributed by atoms with E-state index in [1.54, 1.807) is 19.1 Å². The minimum Gasteiger partial charge on any atom is -0.468 e. The SMILES string of the molecule is CCNC(=NCc1cccnc1OCC(F)(F)F)NCC(C)(O)c1ccsc1.I. The Morgan fingerprint density at radius 2 is 2.07 bits per heavy atom. The summed E-state index contributed by atoms with van der Waals surface area (Å²) in [4.78, 5) is 8.21. The zero-order chi connectivity index (χ0) is 20.6. The number of rotatable bonds is 8. The predicted octanol–water partition coefficient (Wildman–Crippen LogP) is 3.67. The smallest absolute Gasteiger partial charge is 0.422 e. The number of alkyl halides is 3. The van der Waals surface area contributed by atoms with Gasteiger partial charge in [-0.15, -0.1) is 24.0 Å². The van der Waals surface area contributed by atoms with Crippen LogP contribution in [-0.2, 0) is 12.1 Å². The number of thiophene rings is 1. The Balaban J connectivity index is 0.00000420. The maximum absolute atomic E-state index is 12.4. The molecule has 0 aromatic carbocycles. The minimum atomic E-state index is -4.44. The molecule has 0 aliphatic heterocycles. The Labute approximate surface area is 188 Å². The number of hydrogen-bond donors (Lipinski definition) is 3. The van der Waals surface area contributed by atoms with Crippen molar-refractivity contribution in [1.29, 1.82) is 0 Å². The zero-order valence-corrected chi connectivity index (χ0v) is 19.1. The van der Waals surface area contributed by atoms with Gasteiger partial charge in [-0.1, -0.05) is 6.07 Å². The van der Waals surface area contributed by atoms with E-state index in [-0.39, 0.29) is 42.9 Å². The van der Waals surface area contributed by atoms with Crippen LogP contribution >= 0.6 is 35.3 Å². The van der Waals surface area contributed by atoms with Crippen LogP contribution < -0.4 is 15.4 Å². The molecule has 6 nitrogen and oxygen atoms in total. The van der Waals surface area contributed by atoms with Gasteiger partial charge in [0.05, 0.1) is 13.1 Å². The lowest BCUT2D eigenvalue weighted by Crippen LogP contribution is -2.44. The molecule has 0 amide bonds. The zero-order valence-electron chi connectivity index (χ0n) is 16.0. The van der Waals surface area contributed by atoms with E-state index in [4.69, 9.17) is 4.74 Å². The summed E-state index contributed by atoms with van der Waals surface area (Å²) in [6.07, 6.45) is -3.08. The molecule has 0 saturated heterocycles. The van der Waals surface area contributed by atoms with Crippen LogP contribution in [0.4, 0.5) is 13.2 Å². The predicted molar refractivity (Wildman–Crippen MR) is 118 cm³/mol. The highest BCUT2D eigenvalue weighted by Gasteiger charge is 2.29. The summed E-state index contributed by atoms with van der Waals surface area (Å²) in [6.45, 7) is 3.02. The second kappa shape index (κ2) is 11.6. The molecular weight excluding hydrogens is 520 g/mol. The maximum atomic E-state index is 12.4. The number of aliphatic imine (C=N–C) groups is 1. The molecule has 29 heavy (non-hydrogen) atoms. The van der Waals surface area contributed by atoms with Gasteiger partial charge in [-0.2, -0.15) is 24.5 Å². The Morgan fingerprint density at radius 1 is 1.31 bits per heavy atom. The first-order valence-electron chi connectivity index (χ1n) is 8.62. The molecule has 0 aliphatic rings. The highest BCUT2D eigenvalue weighted by atomic mass is 127. The summed E-state index contributed by atoms with van der Waals surface area (Å²) in [6, 6.07) is 5.05. The van der Waals surface area contributed by atoms with E-state index in [1.807, 2.05) is 23.8 Å². The number of guanidine groups is 1. The molecule has 0 radical (unpaired) electrons. The Kier molecular flexibility index (Phi) is 10.1. The molecule has 162 valence electrons. The second-order valence-corrected chi connectivity index (χ2v) is 6.99. The largest absolute Gasteiger partial charge is 0.468 e. The number of aromatic nitrogens is 1.